The van der Waals surface area contributed by atoms with Crippen LogP contribution < -0.4 is 10.6 Å². The molecule has 0 heterocycles. The molecule has 2 atom stereocenters. The Morgan fingerprint density at radius 2 is 1.49 bits per heavy atom. The summed E-state index contributed by atoms with van der Waals surface area (Å²) in [6.07, 6.45) is -1.69. The molecule has 3 N–H and O–H groups in total. The maximum Gasteiger partial charge on any atom is 0.407 e. The van der Waals surface area contributed by atoms with Gasteiger partial charge in [-0.1, -0.05) is 78.9 Å². The van der Waals surface area contributed by atoms with Crippen LogP contribution in [0.3, 0.4) is 0 Å². The van der Waals surface area contributed by atoms with E-state index < -0.39 is 30.1 Å². The number of carboxylic acids is 1. The SMILES string of the molecule is CC(OCc1ccccc1)C(NC(=O)OCC1c2ccccc2-c2ccccc21)C(=O)NCCC(=O)O. The number of alkyl carbamates (subject to hydrolysis) is 1. The van der Waals surface area contributed by atoms with Gasteiger partial charge in [-0.2, -0.15) is 0 Å². The molecular weight excluding hydrogens is 472 g/mol. The molecule has 2 amide bonds. The second kappa shape index (κ2) is 12.2. The average Bonchev–Trinajstić information content (AvgIpc) is 3.23. The molecule has 0 fully saturated rings. The first-order chi connectivity index (χ1) is 17.9. The monoisotopic (exact) mass is 502 g/mol. The number of aliphatic carboxylic acids is 1. The molecule has 0 radical (unpaired) electrons. The van der Waals surface area contributed by atoms with E-state index in [-0.39, 0.29) is 32.1 Å². The number of hydrogen-bond donors (Lipinski definition) is 3. The molecule has 8 nitrogen and oxygen atoms in total. The number of amides is 2. The van der Waals surface area contributed by atoms with E-state index in [1.165, 1.54) is 0 Å². The fraction of sp³-hybridized carbons (Fsp3) is 0.276. The average molecular weight is 503 g/mol. The molecule has 3 aromatic carbocycles. The van der Waals surface area contributed by atoms with Crippen molar-refractivity contribution in [2.75, 3.05) is 13.2 Å². The van der Waals surface area contributed by atoms with E-state index >= 15 is 0 Å². The summed E-state index contributed by atoms with van der Waals surface area (Å²) >= 11 is 0. The summed E-state index contributed by atoms with van der Waals surface area (Å²) < 4.78 is 11.5. The molecule has 37 heavy (non-hydrogen) atoms. The third-order valence-electron chi connectivity index (χ3n) is 6.36. The Bertz CT molecular complexity index is 1200. The van der Waals surface area contributed by atoms with Crippen LogP contribution in [-0.4, -0.2) is 48.4 Å². The normalized spacial score (nSPS) is 13.6. The minimum atomic E-state index is -1.08. The number of carbonyl (C=O) groups is 3. The van der Waals surface area contributed by atoms with Crippen LogP contribution in [0.15, 0.2) is 78.9 Å². The first-order valence-corrected chi connectivity index (χ1v) is 12.2. The van der Waals surface area contributed by atoms with Gasteiger partial charge in [0, 0.05) is 12.5 Å². The van der Waals surface area contributed by atoms with E-state index in [4.69, 9.17) is 14.6 Å². The molecule has 1 aliphatic carbocycles. The van der Waals surface area contributed by atoms with Crippen LogP contribution in [-0.2, 0) is 25.7 Å². The van der Waals surface area contributed by atoms with E-state index in [0.29, 0.717) is 0 Å². The molecular formula is C29H30N2O6. The van der Waals surface area contributed by atoms with Gasteiger partial charge >= 0.3 is 12.1 Å². The highest BCUT2D eigenvalue weighted by Crippen LogP contribution is 2.44. The first kappa shape index (κ1) is 25.9. The van der Waals surface area contributed by atoms with E-state index in [1.807, 2.05) is 66.7 Å². The lowest BCUT2D eigenvalue weighted by molar-refractivity contribution is -0.137. The maximum absolute atomic E-state index is 12.8. The second-order valence-electron chi connectivity index (χ2n) is 8.88. The van der Waals surface area contributed by atoms with Crippen molar-refractivity contribution in [1.82, 2.24) is 10.6 Å². The Kier molecular flexibility index (Phi) is 8.53. The summed E-state index contributed by atoms with van der Waals surface area (Å²) in [5, 5.41) is 14.0. The summed E-state index contributed by atoms with van der Waals surface area (Å²) in [6.45, 7) is 1.95. The van der Waals surface area contributed by atoms with E-state index in [0.717, 1.165) is 27.8 Å². The van der Waals surface area contributed by atoms with Gasteiger partial charge in [-0.05, 0) is 34.7 Å². The predicted octanol–water partition coefficient (Wildman–Crippen LogP) is 4.09. The van der Waals surface area contributed by atoms with Crippen LogP contribution in [0.2, 0.25) is 0 Å². The molecule has 0 spiro atoms. The van der Waals surface area contributed by atoms with Crippen molar-refractivity contribution in [1.29, 1.82) is 0 Å². The van der Waals surface area contributed by atoms with E-state index in [1.54, 1.807) is 6.92 Å². The molecule has 1 aliphatic rings. The van der Waals surface area contributed by atoms with E-state index in [9.17, 15) is 14.4 Å². The van der Waals surface area contributed by atoms with Gasteiger partial charge in [0.2, 0.25) is 5.91 Å². The highest BCUT2D eigenvalue weighted by molar-refractivity contribution is 5.86. The van der Waals surface area contributed by atoms with Gasteiger partial charge in [0.1, 0.15) is 12.6 Å². The summed E-state index contributed by atoms with van der Waals surface area (Å²) in [7, 11) is 0. The highest BCUT2D eigenvalue weighted by Gasteiger charge is 2.31. The topological polar surface area (TPSA) is 114 Å². The molecule has 0 aliphatic heterocycles. The zero-order valence-electron chi connectivity index (χ0n) is 20.6. The second-order valence-corrected chi connectivity index (χ2v) is 8.88. The number of rotatable bonds is 11. The first-order valence-electron chi connectivity index (χ1n) is 12.2. The lowest BCUT2D eigenvalue weighted by Crippen LogP contribution is -2.53. The third-order valence-corrected chi connectivity index (χ3v) is 6.36. The van der Waals surface area contributed by atoms with E-state index in [2.05, 4.69) is 22.8 Å². The van der Waals surface area contributed by atoms with Crippen molar-refractivity contribution in [2.24, 2.45) is 0 Å². The molecule has 3 aromatic rings. The zero-order chi connectivity index (χ0) is 26.2. The van der Waals surface area contributed by atoms with Crippen LogP contribution in [0.5, 0.6) is 0 Å². The molecule has 0 bridgehead atoms. The van der Waals surface area contributed by atoms with Gasteiger partial charge in [-0.25, -0.2) is 4.79 Å². The van der Waals surface area contributed by atoms with Crippen LogP contribution in [0.1, 0.15) is 36.0 Å². The summed E-state index contributed by atoms with van der Waals surface area (Å²) in [5.74, 6) is -1.70. The smallest absolute Gasteiger partial charge is 0.407 e. The quantitative estimate of drug-likeness (QED) is 0.364. The van der Waals surface area contributed by atoms with Gasteiger partial charge in [0.05, 0.1) is 19.1 Å². The maximum atomic E-state index is 12.8. The largest absolute Gasteiger partial charge is 0.481 e. The summed E-state index contributed by atoms with van der Waals surface area (Å²) in [4.78, 5) is 36.5. The Morgan fingerprint density at radius 1 is 0.892 bits per heavy atom. The fourth-order valence-electron chi connectivity index (χ4n) is 4.46. The zero-order valence-corrected chi connectivity index (χ0v) is 20.6. The minimum absolute atomic E-state index is 0.0670. The number of carbonyl (C=O) groups excluding carboxylic acids is 2. The highest BCUT2D eigenvalue weighted by atomic mass is 16.5. The Hall–Kier alpha value is -4.17. The Morgan fingerprint density at radius 3 is 2.11 bits per heavy atom. The van der Waals surface area contributed by atoms with Crippen LogP contribution in [0.25, 0.3) is 11.1 Å². The minimum Gasteiger partial charge on any atom is -0.481 e. The van der Waals surface area contributed by atoms with Crippen molar-refractivity contribution in [3.05, 3.63) is 95.6 Å². The van der Waals surface area contributed by atoms with Gasteiger partial charge in [-0.15, -0.1) is 0 Å². The lowest BCUT2D eigenvalue weighted by Gasteiger charge is -2.25. The Labute approximate surface area is 215 Å². The predicted molar refractivity (Wildman–Crippen MR) is 138 cm³/mol. The molecule has 0 saturated heterocycles. The van der Waals surface area contributed by atoms with Crippen molar-refractivity contribution in [2.45, 2.75) is 38.0 Å². The number of hydrogen-bond acceptors (Lipinski definition) is 5. The van der Waals surface area contributed by atoms with Gasteiger partial charge in [0.25, 0.3) is 0 Å². The van der Waals surface area contributed by atoms with Gasteiger partial charge < -0.3 is 25.2 Å². The van der Waals surface area contributed by atoms with Crippen molar-refractivity contribution in [3.63, 3.8) is 0 Å². The van der Waals surface area contributed by atoms with Crippen LogP contribution in [0, 0.1) is 0 Å². The van der Waals surface area contributed by atoms with Crippen molar-refractivity contribution < 1.29 is 29.0 Å². The number of fused-ring (bicyclic) bond motifs is 3. The third kappa shape index (κ3) is 6.54. The summed E-state index contributed by atoms with van der Waals surface area (Å²) in [6, 6.07) is 24.4. The molecule has 192 valence electrons. The number of carboxylic acid groups (broad SMARTS) is 1. The number of ether oxygens (including phenoxy) is 2. The summed E-state index contributed by atoms with van der Waals surface area (Å²) in [5.41, 5.74) is 5.31. The van der Waals surface area contributed by atoms with Gasteiger partial charge in [0.15, 0.2) is 0 Å². The molecule has 2 unspecified atom stereocenters. The lowest BCUT2D eigenvalue weighted by atomic mass is 9.98. The standard InChI is InChI=1S/C29H30N2O6/c1-19(36-17-20-9-3-2-4-10-20)27(28(34)30-16-15-26(32)33)31-29(35)37-18-25-23-13-7-5-11-21(23)22-12-6-8-14-24(22)25/h2-14,19,25,27H,15-18H2,1H3,(H,30,34)(H,31,35)(H,32,33). The molecule has 8 heteroatoms. The Balaban J connectivity index is 1.41. The fourth-order valence-corrected chi connectivity index (χ4v) is 4.46. The molecule has 4 rings (SSSR count). The number of nitrogens with one attached hydrogen (secondary N) is 2. The van der Waals surface area contributed by atoms with Crippen molar-refractivity contribution in [3.8, 4) is 11.1 Å². The van der Waals surface area contributed by atoms with Crippen LogP contribution in [0.4, 0.5) is 4.79 Å². The van der Waals surface area contributed by atoms with Crippen molar-refractivity contribution >= 4 is 18.0 Å². The van der Waals surface area contributed by atoms with Crippen LogP contribution >= 0.6 is 0 Å². The molecule has 0 aromatic heterocycles. The number of benzene rings is 3. The molecule has 0 saturated carbocycles. The van der Waals surface area contributed by atoms with Gasteiger partial charge in [-0.3, -0.25) is 9.59 Å².